The number of halogens is 3. The summed E-state index contributed by atoms with van der Waals surface area (Å²) in [5.41, 5.74) is 1.05. The van der Waals surface area contributed by atoms with Crippen molar-refractivity contribution in [2.24, 2.45) is 0 Å². The molecule has 0 saturated carbocycles. The molecule has 0 aromatic heterocycles. The molecule has 26 heavy (non-hydrogen) atoms. The van der Waals surface area contributed by atoms with Gasteiger partial charge in [0.25, 0.3) is 0 Å². The van der Waals surface area contributed by atoms with Crippen LogP contribution in [0.4, 0.5) is 10.1 Å². The van der Waals surface area contributed by atoms with Crippen LogP contribution < -0.4 is 10.2 Å². The van der Waals surface area contributed by atoms with Crippen molar-refractivity contribution in [3.63, 3.8) is 0 Å². The highest BCUT2D eigenvalue weighted by Gasteiger charge is 2.31. The maximum Gasteiger partial charge on any atom is 0.239 e. The number of hydrogen-bond donors (Lipinski definition) is 1. The molecule has 8 heteroatoms. The second-order valence-corrected chi connectivity index (χ2v) is 6.77. The number of nitrogens with one attached hydrogen (secondary N) is 1. The quantitative estimate of drug-likeness (QED) is 0.829. The molecule has 2 aliphatic heterocycles. The Labute approximate surface area is 167 Å². The van der Waals surface area contributed by atoms with Gasteiger partial charge in [-0.2, -0.15) is 0 Å². The second kappa shape index (κ2) is 10.3. The van der Waals surface area contributed by atoms with Gasteiger partial charge in [-0.3, -0.25) is 9.69 Å². The smallest absolute Gasteiger partial charge is 0.239 e. The highest BCUT2D eigenvalue weighted by Crippen LogP contribution is 2.19. The van der Waals surface area contributed by atoms with Crippen LogP contribution in [0.3, 0.4) is 0 Å². The van der Waals surface area contributed by atoms with Crippen molar-refractivity contribution in [3.8, 4) is 0 Å². The summed E-state index contributed by atoms with van der Waals surface area (Å²) in [5.74, 6) is -0.0000215. The van der Waals surface area contributed by atoms with Crippen molar-refractivity contribution in [2.75, 3.05) is 51.2 Å². The number of hydrogen-bond acceptors (Lipinski definition) is 4. The van der Waals surface area contributed by atoms with E-state index in [0.29, 0.717) is 6.04 Å². The third-order valence-electron chi connectivity index (χ3n) is 5.34. The molecule has 1 aromatic carbocycles. The van der Waals surface area contributed by atoms with E-state index in [9.17, 15) is 9.18 Å². The third kappa shape index (κ3) is 5.22. The number of nitrogens with zero attached hydrogens (tertiary/aromatic N) is 3. The van der Waals surface area contributed by atoms with Gasteiger partial charge in [0.1, 0.15) is 5.82 Å². The molecule has 0 bridgehead atoms. The number of likely N-dealkylation sites (N-methyl/N-ethyl adjacent to an activating group) is 1. The van der Waals surface area contributed by atoms with Crippen molar-refractivity contribution < 1.29 is 9.18 Å². The SMILES string of the molecule is CC(C(=O)N(C)C1CCNC1)N1CCN(c2ccc(F)cc2)CC1.Cl.Cl. The first-order valence-corrected chi connectivity index (χ1v) is 8.78. The second-order valence-electron chi connectivity index (χ2n) is 6.77. The standard InChI is InChI=1S/C18H27FN4O.2ClH/c1-14(18(24)21(2)17-7-8-20-13-17)22-9-11-23(12-10-22)16-5-3-15(19)4-6-16;;/h3-6,14,17,20H,7-13H2,1-2H3;2*1H. The van der Waals surface area contributed by atoms with Gasteiger partial charge in [-0.25, -0.2) is 4.39 Å². The van der Waals surface area contributed by atoms with E-state index in [1.807, 2.05) is 31.0 Å². The summed E-state index contributed by atoms with van der Waals surface area (Å²) in [7, 11) is 1.92. The van der Waals surface area contributed by atoms with Crippen LogP contribution >= 0.6 is 24.8 Å². The number of carbonyl (C=O) groups is 1. The summed E-state index contributed by atoms with van der Waals surface area (Å²) in [6.45, 7) is 7.31. The van der Waals surface area contributed by atoms with E-state index in [4.69, 9.17) is 0 Å². The van der Waals surface area contributed by atoms with Crippen LogP contribution in [-0.4, -0.2) is 74.1 Å². The molecule has 2 unspecified atom stereocenters. The van der Waals surface area contributed by atoms with E-state index < -0.39 is 0 Å². The molecule has 2 heterocycles. The Morgan fingerprint density at radius 2 is 1.81 bits per heavy atom. The molecule has 2 fully saturated rings. The van der Waals surface area contributed by atoms with Gasteiger partial charge in [-0.15, -0.1) is 24.8 Å². The lowest BCUT2D eigenvalue weighted by Gasteiger charge is -2.40. The maximum atomic E-state index is 13.0. The van der Waals surface area contributed by atoms with Crippen LogP contribution in [0.1, 0.15) is 13.3 Å². The predicted octanol–water partition coefficient (Wildman–Crippen LogP) is 2.00. The van der Waals surface area contributed by atoms with E-state index in [-0.39, 0.29) is 42.6 Å². The average molecular weight is 407 g/mol. The fourth-order valence-corrected chi connectivity index (χ4v) is 3.62. The van der Waals surface area contributed by atoms with Crippen molar-refractivity contribution in [1.29, 1.82) is 0 Å². The van der Waals surface area contributed by atoms with Gasteiger partial charge < -0.3 is 15.1 Å². The average Bonchev–Trinajstić information content (AvgIpc) is 3.15. The zero-order chi connectivity index (χ0) is 17.1. The van der Waals surface area contributed by atoms with Gasteiger partial charge in [0.15, 0.2) is 0 Å². The largest absolute Gasteiger partial charge is 0.369 e. The van der Waals surface area contributed by atoms with Gasteiger partial charge in [0.2, 0.25) is 5.91 Å². The zero-order valence-corrected chi connectivity index (χ0v) is 17.0. The molecule has 2 atom stereocenters. The number of piperazine rings is 1. The molecule has 2 saturated heterocycles. The van der Waals surface area contributed by atoms with Crippen LogP contribution in [0.2, 0.25) is 0 Å². The van der Waals surface area contributed by atoms with Crippen molar-refractivity contribution in [3.05, 3.63) is 30.1 Å². The monoisotopic (exact) mass is 406 g/mol. The molecular weight excluding hydrogens is 378 g/mol. The number of benzene rings is 1. The van der Waals surface area contributed by atoms with E-state index >= 15 is 0 Å². The summed E-state index contributed by atoms with van der Waals surface area (Å²) in [6.07, 6.45) is 1.04. The van der Waals surface area contributed by atoms with Crippen LogP contribution in [0.15, 0.2) is 24.3 Å². The first-order chi connectivity index (χ1) is 11.6. The summed E-state index contributed by atoms with van der Waals surface area (Å²) < 4.78 is 13.0. The number of anilines is 1. The van der Waals surface area contributed by atoms with Gasteiger partial charge in [-0.1, -0.05) is 0 Å². The Kier molecular flexibility index (Phi) is 9.10. The normalized spacial score (nSPS) is 21.5. The van der Waals surface area contributed by atoms with E-state index in [1.165, 1.54) is 12.1 Å². The summed E-state index contributed by atoms with van der Waals surface area (Å²) in [4.78, 5) is 19.1. The molecule has 148 valence electrons. The predicted molar refractivity (Wildman–Crippen MR) is 108 cm³/mol. The lowest BCUT2D eigenvalue weighted by atomic mass is 10.1. The van der Waals surface area contributed by atoms with Crippen molar-refractivity contribution >= 4 is 36.4 Å². The molecule has 5 nitrogen and oxygen atoms in total. The molecule has 1 N–H and O–H groups in total. The van der Waals surface area contributed by atoms with Gasteiger partial charge >= 0.3 is 0 Å². The Morgan fingerprint density at radius 1 is 1.19 bits per heavy atom. The third-order valence-corrected chi connectivity index (χ3v) is 5.34. The lowest BCUT2D eigenvalue weighted by molar-refractivity contribution is -0.137. The molecular formula is C18H29Cl2FN4O. The Balaban J connectivity index is 0.00000169. The van der Waals surface area contributed by atoms with Crippen molar-refractivity contribution in [1.82, 2.24) is 15.1 Å². The van der Waals surface area contributed by atoms with E-state index in [2.05, 4.69) is 15.1 Å². The fourth-order valence-electron chi connectivity index (χ4n) is 3.62. The Hall–Kier alpha value is -1.08. The summed E-state index contributed by atoms with van der Waals surface area (Å²) in [5, 5.41) is 3.31. The topological polar surface area (TPSA) is 38.8 Å². The number of amides is 1. The van der Waals surface area contributed by atoms with Gasteiger partial charge in [0.05, 0.1) is 6.04 Å². The first-order valence-electron chi connectivity index (χ1n) is 8.78. The molecule has 0 aliphatic carbocycles. The highest BCUT2D eigenvalue weighted by molar-refractivity contribution is 5.85. The molecule has 2 aliphatic rings. The summed E-state index contributed by atoms with van der Waals surface area (Å²) in [6, 6.07) is 6.86. The van der Waals surface area contributed by atoms with Crippen LogP contribution in [0.5, 0.6) is 0 Å². The van der Waals surface area contributed by atoms with Crippen LogP contribution in [0.25, 0.3) is 0 Å². The van der Waals surface area contributed by atoms with E-state index in [0.717, 1.165) is 51.4 Å². The van der Waals surface area contributed by atoms with Gasteiger partial charge in [0, 0.05) is 51.5 Å². The molecule has 1 amide bonds. The number of carbonyl (C=O) groups excluding carboxylic acids is 1. The molecule has 0 radical (unpaired) electrons. The molecule has 0 spiro atoms. The molecule has 1 aromatic rings. The minimum absolute atomic E-state index is 0. The van der Waals surface area contributed by atoms with Crippen LogP contribution in [-0.2, 0) is 4.79 Å². The van der Waals surface area contributed by atoms with Crippen molar-refractivity contribution in [2.45, 2.75) is 25.4 Å². The number of rotatable bonds is 4. The minimum Gasteiger partial charge on any atom is -0.369 e. The first kappa shape index (κ1) is 23.0. The Bertz CT molecular complexity index is 561. The highest BCUT2D eigenvalue weighted by atomic mass is 35.5. The molecule has 3 rings (SSSR count). The lowest BCUT2D eigenvalue weighted by Crippen LogP contribution is -2.55. The summed E-state index contributed by atoms with van der Waals surface area (Å²) >= 11 is 0. The maximum absolute atomic E-state index is 13.0. The van der Waals surface area contributed by atoms with Gasteiger partial charge in [-0.05, 0) is 44.2 Å². The Morgan fingerprint density at radius 3 is 2.35 bits per heavy atom. The van der Waals surface area contributed by atoms with E-state index in [1.54, 1.807) is 0 Å². The minimum atomic E-state index is -0.207. The fraction of sp³-hybridized carbons (Fsp3) is 0.611. The van der Waals surface area contributed by atoms with Crippen LogP contribution in [0, 0.1) is 5.82 Å². The zero-order valence-electron chi connectivity index (χ0n) is 15.4.